The number of rotatable bonds is 7. The van der Waals surface area contributed by atoms with E-state index in [0.717, 1.165) is 25.8 Å². The summed E-state index contributed by atoms with van der Waals surface area (Å²) in [5.41, 5.74) is 0. The molecule has 1 saturated carbocycles. The van der Waals surface area contributed by atoms with Crippen LogP contribution in [0.2, 0.25) is 0 Å². The van der Waals surface area contributed by atoms with Crippen LogP contribution in [-0.4, -0.2) is 36.8 Å². The van der Waals surface area contributed by atoms with Crippen LogP contribution in [0.25, 0.3) is 0 Å². The Kier molecular flexibility index (Phi) is 4.78. The fraction of sp³-hybridized carbons (Fsp3) is 0.889. The fourth-order valence-corrected chi connectivity index (χ4v) is 1.06. The van der Waals surface area contributed by atoms with E-state index in [1.165, 1.54) is 0 Å². The second-order valence-corrected chi connectivity index (χ2v) is 3.42. The molecule has 0 aromatic rings. The van der Waals surface area contributed by atoms with Crippen LogP contribution in [0.3, 0.4) is 0 Å². The van der Waals surface area contributed by atoms with Crippen LogP contribution >= 0.6 is 0 Å². The molecule has 4 heteroatoms. The second-order valence-electron chi connectivity index (χ2n) is 3.42. The van der Waals surface area contributed by atoms with Crippen LogP contribution in [-0.2, 0) is 4.79 Å². The maximum Gasteiger partial charge on any atom is 0.221 e. The molecule has 1 aliphatic rings. The van der Waals surface area contributed by atoms with Crippen LogP contribution in [0.1, 0.15) is 25.7 Å². The van der Waals surface area contributed by atoms with Crippen molar-refractivity contribution in [3.8, 4) is 0 Å². The highest BCUT2D eigenvalue weighted by Crippen LogP contribution is 2.18. The minimum atomic E-state index is 0.138. The van der Waals surface area contributed by atoms with E-state index < -0.39 is 0 Å². The van der Waals surface area contributed by atoms with E-state index in [9.17, 15) is 4.79 Å². The fourth-order valence-electron chi connectivity index (χ4n) is 1.06. The summed E-state index contributed by atoms with van der Waals surface area (Å²) in [5.74, 6) is 0.138. The first kappa shape index (κ1) is 10.5. The van der Waals surface area contributed by atoms with E-state index in [1.807, 2.05) is 0 Å². The Morgan fingerprint density at radius 3 is 2.77 bits per heavy atom. The van der Waals surface area contributed by atoms with Crippen molar-refractivity contribution in [2.75, 3.05) is 19.7 Å². The highest BCUT2D eigenvalue weighted by atomic mass is 16.3. The molecule has 0 aromatic heterocycles. The third kappa shape index (κ3) is 5.60. The third-order valence-corrected chi connectivity index (χ3v) is 1.98. The van der Waals surface area contributed by atoms with Crippen molar-refractivity contribution in [2.24, 2.45) is 0 Å². The molecule has 0 aromatic carbocycles. The molecule has 0 heterocycles. The summed E-state index contributed by atoms with van der Waals surface area (Å²) in [4.78, 5) is 11.1. The zero-order valence-electron chi connectivity index (χ0n) is 7.88. The van der Waals surface area contributed by atoms with Crippen LogP contribution in [0.5, 0.6) is 0 Å². The van der Waals surface area contributed by atoms with Gasteiger partial charge < -0.3 is 15.7 Å². The quantitative estimate of drug-likeness (QED) is 0.475. The molecule has 0 spiro atoms. The number of amides is 1. The molecule has 1 amide bonds. The molecular formula is C9H18N2O2. The molecule has 1 fully saturated rings. The van der Waals surface area contributed by atoms with Crippen LogP contribution in [0.4, 0.5) is 0 Å². The molecule has 0 bridgehead atoms. The molecule has 0 aliphatic heterocycles. The van der Waals surface area contributed by atoms with E-state index in [2.05, 4.69) is 10.6 Å². The van der Waals surface area contributed by atoms with Crippen molar-refractivity contribution in [3.63, 3.8) is 0 Å². The van der Waals surface area contributed by atoms with Gasteiger partial charge in [0.1, 0.15) is 0 Å². The van der Waals surface area contributed by atoms with Crippen molar-refractivity contribution >= 4 is 5.91 Å². The molecule has 0 saturated heterocycles. The van der Waals surface area contributed by atoms with Crippen LogP contribution < -0.4 is 10.6 Å². The lowest BCUT2D eigenvalue weighted by molar-refractivity contribution is -0.121. The monoisotopic (exact) mass is 186 g/mol. The normalized spacial score (nSPS) is 15.8. The highest BCUT2D eigenvalue weighted by Gasteiger charge is 2.22. The van der Waals surface area contributed by atoms with Crippen LogP contribution in [0, 0.1) is 0 Å². The van der Waals surface area contributed by atoms with E-state index in [-0.39, 0.29) is 12.5 Å². The number of aliphatic hydroxyl groups excluding tert-OH is 1. The maximum atomic E-state index is 11.1. The van der Waals surface area contributed by atoms with Gasteiger partial charge in [-0.3, -0.25) is 4.79 Å². The summed E-state index contributed by atoms with van der Waals surface area (Å²) in [6.07, 6.45) is 3.58. The minimum absolute atomic E-state index is 0.138. The summed E-state index contributed by atoms with van der Waals surface area (Å²) < 4.78 is 0. The number of nitrogens with one attached hydrogen (secondary N) is 2. The van der Waals surface area contributed by atoms with Gasteiger partial charge in [-0.25, -0.2) is 0 Å². The molecule has 3 N–H and O–H groups in total. The Bertz CT molecular complexity index is 158. The summed E-state index contributed by atoms with van der Waals surface area (Å²) in [6, 6.07) is 0.463. The average Bonchev–Trinajstić information content (AvgIpc) is 2.88. The van der Waals surface area contributed by atoms with E-state index in [0.29, 0.717) is 19.0 Å². The summed E-state index contributed by atoms with van der Waals surface area (Å²) in [5, 5.41) is 14.5. The molecule has 13 heavy (non-hydrogen) atoms. The summed E-state index contributed by atoms with van der Waals surface area (Å²) in [7, 11) is 0. The smallest absolute Gasteiger partial charge is 0.221 e. The average molecular weight is 186 g/mol. The highest BCUT2D eigenvalue weighted by molar-refractivity contribution is 5.76. The van der Waals surface area contributed by atoms with Gasteiger partial charge in [-0.05, 0) is 25.8 Å². The standard InChI is InChI=1S/C9H18N2O2/c12-7-1-5-10-6-4-9(13)11-8-2-3-8/h8,10,12H,1-7H2,(H,11,13). The number of aliphatic hydroxyl groups is 1. The molecule has 0 unspecified atom stereocenters. The van der Waals surface area contributed by atoms with Crippen molar-refractivity contribution in [1.82, 2.24) is 10.6 Å². The Morgan fingerprint density at radius 1 is 1.38 bits per heavy atom. The van der Waals surface area contributed by atoms with Gasteiger partial charge in [0.05, 0.1) is 0 Å². The topological polar surface area (TPSA) is 61.4 Å². The van der Waals surface area contributed by atoms with Gasteiger partial charge in [-0.1, -0.05) is 0 Å². The van der Waals surface area contributed by atoms with E-state index in [1.54, 1.807) is 0 Å². The Hall–Kier alpha value is -0.610. The van der Waals surface area contributed by atoms with Gasteiger partial charge in [0.15, 0.2) is 0 Å². The lowest BCUT2D eigenvalue weighted by Crippen LogP contribution is -2.29. The van der Waals surface area contributed by atoms with Crippen molar-refractivity contribution in [3.05, 3.63) is 0 Å². The molecule has 0 radical (unpaired) electrons. The molecular weight excluding hydrogens is 168 g/mol. The van der Waals surface area contributed by atoms with Crippen LogP contribution in [0.15, 0.2) is 0 Å². The predicted octanol–water partition coefficient (Wildman–Crippen LogP) is -0.373. The molecule has 4 nitrogen and oxygen atoms in total. The van der Waals surface area contributed by atoms with Crippen molar-refractivity contribution in [1.29, 1.82) is 0 Å². The Balaban J connectivity index is 1.83. The second kappa shape index (κ2) is 5.94. The summed E-state index contributed by atoms with van der Waals surface area (Å²) >= 11 is 0. The first-order valence-electron chi connectivity index (χ1n) is 4.94. The third-order valence-electron chi connectivity index (χ3n) is 1.98. The first-order chi connectivity index (χ1) is 6.33. The zero-order chi connectivity index (χ0) is 9.52. The lowest BCUT2D eigenvalue weighted by Gasteiger charge is -2.04. The largest absolute Gasteiger partial charge is 0.396 e. The SMILES string of the molecule is O=C(CCNCCCO)NC1CC1. The number of carbonyl (C=O) groups is 1. The maximum absolute atomic E-state index is 11.1. The minimum Gasteiger partial charge on any atom is -0.396 e. The van der Waals surface area contributed by atoms with Gasteiger partial charge in [-0.2, -0.15) is 0 Å². The predicted molar refractivity (Wildman–Crippen MR) is 50.4 cm³/mol. The van der Waals surface area contributed by atoms with Crippen molar-refractivity contribution in [2.45, 2.75) is 31.7 Å². The molecule has 1 aliphatic carbocycles. The Morgan fingerprint density at radius 2 is 2.15 bits per heavy atom. The van der Waals surface area contributed by atoms with E-state index >= 15 is 0 Å². The number of carbonyl (C=O) groups excluding carboxylic acids is 1. The molecule has 1 rings (SSSR count). The van der Waals surface area contributed by atoms with Gasteiger partial charge in [-0.15, -0.1) is 0 Å². The van der Waals surface area contributed by atoms with Crippen molar-refractivity contribution < 1.29 is 9.90 Å². The lowest BCUT2D eigenvalue weighted by atomic mass is 10.3. The molecule has 0 atom stereocenters. The van der Waals surface area contributed by atoms with E-state index in [4.69, 9.17) is 5.11 Å². The summed E-state index contributed by atoms with van der Waals surface area (Å²) in [6.45, 7) is 1.70. The first-order valence-corrected chi connectivity index (χ1v) is 4.94. The van der Waals surface area contributed by atoms with Gasteiger partial charge in [0, 0.05) is 25.6 Å². The zero-order valence-corrected chi connectivity index (χ0v) is 7.88. The molecule has 76 valence electrons. The van der Waals surface area contributed by atoms with Gasteiger partial charge >= 0.3 is 0 Å². The number of hydrogen-bond donors (Lipinski definition) is 3. The van der Waals surface area contributed by atoms with Gasteiger partial charge in [0.2, 0.25) is 5.91 Å². The Labute approximate surface area is 78.7 Å². The number of hydrogen-bond acceptors (Lipinski definition) is 3. The van der Waals surface area contributed by atoms with Gasteiger partial charge in [0.25, 0.3) is 0 Å².